The highest BCUT2D eigenvalue weighted by atomic mass is 15.1. The zero-order valence-corrected chi connectivity index (χ0v) is 11.6. The van der Waals surface area contributed by atoms with E-state index in [0.717, 1.165) is 18.2 Å². The molecule has 0 spiro atoms. The molecule has 1 aliphatic carbocycles. The van der Waals surface area contributed by atoms with Gasteiger partial charge in [0, 0.05) is 24.5 Å². The first kappa shape index (κ1) is 13.3. The van der Waals surface area contributed by atoms with E-state index in [9.17, 15) is 0 Å². The molecule has 2 heteroatoms. The van der Waals surface area contributed by atoms with E-state index in [-0.39, 0.29) is 0 Å². The third kappa shape index (κ3) is 3.66. The Labute approximate surface area is 111 Å². The van der Waals surface area contributed by atoms with Crippen molar-refractivity contribution < 1.29 is 0 Å². The van der Waals surface area contributed by atoms with Gasteiger partial charge in [0.05, 0.1) is 0 Å². The molecule has 0 aliphatic heterocycles. The smallest absolute Gasteiger partial charge is 0.0367 e. The van der Waals surface area contributed by atoms with Crippen LogP contribution in [0.1, 0.15) is 45.4 Å². The number of nitrogens with zero attached hydrogens (tertiary/aromatic N) is 1. The summed E-state index contributed by atoms with van der Waals surface area (Å²) in [5, 5.41) is 0. The number of nitrogens with two attached hydrogens (primary N) is 1. The number of nitrogen functional groups attached to an aromatic ring is 1. The molecule has 1 fully saturated rings. The summed E-state index contributed by atoms with van der Waals surface area (Å²) >= 11 is 0. The Morgan fingerprint density at radius 1 is 1.11 bits per heavy atom. The van der Waals surface area contributed by atoms with Gasteiger partial charge in [-0.25, -0.2) is 0 Å². The monoisotopic (exact) mass is 246 g/mol. The van der Waals surface area contributed by atoms with Crippen LogP contribution in [-0.2, 0) is 0 Å². The quantitative estimate of drug-likeness (QED) is 0.767. The average molecular weight is 246 g/mol. The van der Waals surface area contributed by atoms with E-state index in [0.29, 0.717) is 0 Å². The summed E-state index contributed by atoms with van der Waals surface area (Å²) < 4.78 is 0. The summed E-state index contributed by atoms with van der Waals surface area (Å²) in [6.07, 6.45) is 8.34. The van der Waals surface area contributed by atoms with Crippen LogP contribution >= 0.6 is 0 Å². The van der Waals surface area contributed by atoms with Crippen LogP contribution in [0.2, 0.25) is 0 Å². The zero-order valence-electron chi connectivity index (χ0n) is 11.6. The van der Waals surface area contributed by atoms with Gasteiger partial charge in [0.1, 0.15) is 0 Å². The Morgan fingerprint density at radius 3 is 2.39 bits per heavy atom. The van der Waals surface area contributed by atoms with E-state index in [1.54, 1.807) is 0 Å². The maximum Gasteiger partial charge on any atom is 0.0367 e. The molecule has 0 aromatic heterocycles. The lowest BCUT2D eigenvalue weighted by Crippen LogP contribution is -2.26. The van der Waals surface area contributed by atoms with Gasteiger partial charge in [0.15, 0.2) is 0 Å². The summed E-state index contributed by atoms with van der Waals surface area (Å²) in [7, 11) is 0. The highest BCUT2D eigenvalue weighted by Crippen LogP contribution is 2.28. The second-order valence-electron chi connectivity index (χ2n) is 5.52. The molecule has 1 aromatic rings. The van der Waals surface area contributed by atoms with Crippen LogP contribution in [0.15, 0.2) is 24.3 Å². The normalized spacial score (nSPS) is 16.1. The summed E-state index contributed by atoms with van der Waals surface area (Å²) in [4.78, 5) is 2.51. The number of rotatable bonds is 6. The van der Waals surface area contributed by atoms with Gasteiger partial charge < -0.3 is 10.6 Å². The van der Waals surface area contributed by atoms with Gasteiger partial charge in [-0.3, -0.25) is 0 Å². The van der Waals surface area contributed by atoms with E-state index in [1.165, 1.54) is 50.8 Å². The lowest BCUT2D eigenvalue weighted by atomic mass is 10.0. The molecule has 0 radical (unpaired) electrons. The van der Waals surface area contributed by atoms with Crippen molar-refractivity contribution in [2.45, 2.75) is 45.4 Å². The number of hydrogen-bond acceptors (Lipinski definition) is 2. The molecular formula is C16H26N2. The number of anilines is 2. The molecule has 18 heavy (non-hydrogen) atoms. The van der Waals surface area contributed by atoms with Gasteiger partial charge in [-0.15, -0.1) is 0 Å². The lowest BCUT2D eigenvalue weighted by Gasteiger charge is -2.26. The van der Waals surface area contributed by atoms with E-state index in [4.69, 9.17) is 5.73 Å². The average Bonchev–Trinajstić information content (AvgIpc) is 2.89. The van der Waals surface area contributed by atoms with Gasteiger partial charge in [-0.05, 0) is 43.0 Å². The highest BCUT2D eigenvalue weighted by Gasteiger charge is 2.16. The molecule has 1 aliphatic rings. The third-order valence-corrected chi connectivity index (χ3v) is 4.03. The molecule has 2 nitrogen and oxygen atoms in total. The van der Waals surface area contributed by atoms with Crippen molar-refractivity contribution in [1.82, 2.24) is 0 Å². The molecule has 2 N–H and O–H groups in total. The number of benzene rings is 1. The fourth-order valence-corrected chi connectivity index (χ4v) is 2.96. The fourth-order valence-electron chi connectivity index (χ4n) is 2.96. The molecule has 0 bridgehead atoms. The highest BCUT2D eigenvalue weighted by molar-refractivity contribution is 5.53. The van der Waals surface area contributed by atoms with Gasteiger partial charge in [0.25, 0.3) is 0 Å². The number of hydrogen-bond donors (Lipinski definition) is 1. The lowest BCUT2D eigenvalue weighted by molar-refractivity contribution is 0.498. The maximum atomic E-state index is 5.76. The summed E-state index contributed by atoms with van der Waals surface area (Å²) in [5.41, 5.74) is 7.93. The van der Waals surface area contributed by atoms with Crippen molar-refractivity contribution in [3.05, 3.63) is 24.3 Å². The first-order valence-electron chi connectivity index (χ1n) is 7.40. The van der Waals surface area contributed by atoms with E-state index in [2.05, 4.69) is 24.0 Å². The first-order valence-corrected chi connectivity index (χ1v) is 7.40. The molecule has 0 unspecified atom stereocenters. The molecule has 0 saturated heterocycles. The maximum absolute atomic E-state index is 5.76. The van der Waals surface area contributed by atoms with Crippen LogP contribution in [0.3, 0.4) is 0 Å². The SMILES string of the molecule is CCCN(CCC1CCCC1)c1ccc(N)cc1. The Bertz CT molecular complexity index is 339. The van der Waals surface area contributed by atoms with Crippen molar-refractivity contribution >= 4 is 11.4 Å². The molecule has 1 saturated carbocycles. The van der Waals surface area contributed by atoms with Crippen LogP contribution in [0, 0.1) is 5.92 Å². The molecule has 0 atom stereocenters. The largest absolute Gasteiger partial charge is 0.399 e. The summed E-state index contributed by atoms with van der Waals surface area (Å²) in [6, 6.07) is 8.32. The minimum atomic E-state index is 0.853. The molecule has 0 heterocycles. The first-order chi connectivity index (χ1) is 8.79. The van der Waals surface area contributed by atoms with Crippen LogP contribution in [0.5, 0.6) is 0 Å². The van der Waals surface area contributed by atoms with E-state index in [1.807, 2.05) is 12.1 Å². The predicted octanol–water partition coefficient (Wildman–Crippen LogP) is 4.07. The minimum Gasteiger partial charge on any atom is -0.399 e. The van der Waals surface area contributed by atoms with Crippen molar-refractivity contribution in [3.8, 4) is 0 Å². The van der Waals surface area contributed by atoms with Crippen LogP contribution in [0.25, 0.3) is 0 Å². The summed E-state index contributed by atoms with van der Waals surface area (Å²) in [5.74, 6) is 0.970. The topological polar surface area (TPSA) is 29.3 Å². The van der Waals surface area contributed by atoms with Crippen molar-refractivity contribution in [1.29, 1.82) is 0 Å². The molecule has 0 amide bonds. The Kier molecular flexibility index (Phi) is 4.91. The molecule has 2 rings (SSSR count). The van der Waals surface area contributed by atoms with Crippen molar-refractivity contribution in [3.63, 3.8) is 0 Å². The predicted molar refractivity (Wildman–Crippen MR) is 79.9 cm³/mol. The third-order valence-electron chi connectivity index (χ3n) is 4.03. The standard InChI is InChI=1S/C16H26N2/c1-2-12-18(13-11-14-5-3-4-6-14)16-9-7-15(17)8-10-16/h7-10,14H,2-6,11-13,17H2,1H3. The van der Waals surface area contributed by atoms with E-state index >= 15 is 0 Å². The molecular weight excluding hydrogens is 220 g/mol. The van der Waals surface area contributed by atoms with Crippen molar-refractivity contribution in [2.24, 2.45) is 5.92 Å². The van der Waals surface area contributed by atoms with Gasteiger partial charge in [-0.1, -0.05) is 32.6 Å². The Hall–Kier alpha value is -1.18. The van der Waals surface area contributed by atoms with E-state index < -0.39 is 0 Å². The van der Waals surface area contributed by atoms with Gasteiger partial charge >= 0.3 is 0 Å². The van der Waals surface area contributed by atoms with Crippen LogP contribution in [-0.4, -0.2) is 13.1 Å². The van der Waals surface area contributed by atoms with Gasteiger partial charge in [-0.2, -0.15) is 0 Å². The second kappa shape index (κ2) is 6.67. The summed E-state index contributed by atoms with van der Waals surface area (Å²) in [6.45, 7) is 4.60. The fraction of sp³-hybridized carbons (Fsp3) is 0.625. The minimum absolute atomic E-state index is 0.853. The molecule has 1 aromatic carbocycles. The second-order valence-corrected chi connectivity index (χ2v) is 5.52. The van der Waals surface area contributed by atoms with Crippen LogP contribution < -0.4 is 10.6 Å². The van der Waals surface area contributed by atoms with Gasteiger partial charge in [0.2, 0.25) is 0 Å². The Balaban J connectivity index is 1.91. The Morgan fingerprint density at radius 2 is 1.78 bits per heavy atom. The van der Waals surface area contributed by atoms with Crippen molar-refractivity contribution in [2.75, 3.05) is 23.7 Å². The molecule has 100 valence electrons. The van der Waals surface area contributed by atoms with Crippen LogP contribution in [0.4, 0.5) is 11.4 Å². The zero-order chi connectivity index (χ0) is 12.8.